The largest absolute Gasteiger partial charge is 0.342 e. The van der Waals surface area contributed by atoms with Crippen LogP contribution in [0.5, 0.6) is 0 Å². The zero-order valence-corrected chi connectivity index (χ0v) is 9.31. The lowest BCUT2D eigenvalue weighted by molar-refractivity contribution is -0.120. The molecule has 84 valence electrons. The second kappa shape index (κ2) is 6.53. The zero-order chi connectivity index (χ0) is 11.1. The second-order valence-corrected chi connectivity index (χ2v) is 5.13. The van der Waals surface area contributed by atoms with Crippen molar-refractivity contribution in [2.24, 2.45) is 0 Å². The van der Waals surface area contributed by atoms with Gasteiger partial charge in [0.15, 0.2) is 0 Å². The van der Waals surface area contributed by atoms with Crippen LogP contribution in [0.15, 0.2) is 0 Å². The summed E-state index contributed by atoms with van der Waals surface area (Å²) in [6, 6.07) is 2.13. The molecule has 15 heavy (non-hydrogen) atoms. The SMILES string of the molecule is N#CCNC(=O)CNC1CCS(=O)CC1. The van der Waals surface area contributed by atoms with Crippen molar-refractivity contribution < 1.29 is 9.00 Å². The first kappa shape index (κ1) is 12.1. The normalized spacial score (nSPS) is 25.5. The number of nitrogens with zero attached hydrogens (tertiary/aromatic N) is 1. The number of carbonyl (C=O) groups excluding carboxylic acids is 1. The molecule has 1 heterocycles. The van der Waals surface area contributed by atoms with Crippen LogP contribution in [0, 0.1) is 11.3 Å². The van der Waals surface area contributed by atoms with Crippen LogP contribution in [0.3, 0.4) is 0 Å². The summed E-state index contributed by atoms with van der Waals surface area (Å²) >= 11 is 0. The highest BCUT2D eigenvalue weighted by Crippen LogP contribution is 2.08. The van der Waals surface area contributed by atoms with Crippen molar-refractivity contribution in [2.45, 2.75) is 18.9 Å². The van der Waals surface area contributed by atoms with E-state index in [9.17, 15) is 9.00 Å². The van der Waals surface area contributed by atoms with Gasteiger partial charge in [0.25, 0.3) is 0 Å². The molecule has 1 aliphatic heterocycles. The summed E-state index contributed by atoms with van der Waals surface area (Å²) in [5.74, 6) is 1.28. The highest BCUT2D eigenvalue weighted by molar-refractivity contribution is 7.85. The molecule has 2 N–H and O–H groups in total. The Morgan fingerprint density at radius 1 is 1.47 bits per heavy atom. The van der Waals surface area contributed by atoms with E-state index in [1.54, 1.807) is 0 Å². The topological polar surface area (TPSA) is 82.0 Å². The fraction of sp³-hybridized carbons (Fsp3) is 0.778. The first-order valence-electron chi connectivity index (χ1n) is 4.94. The average Bonchev–Trinajstić information content (AvgIpc) is 2.25. The lowest BCUT2D eigenvalue weighted by Gasteiger charge is -2.22. The summed E-state index contributed by atoms with van der Waals surface area (Å²) in [7, 11) is -0.664. The number of hydrogen-bond acceptors (Lipinski definition) is 4. The van der Waals surface area contributed by atoms with Crippen molar-refractivity contribution in [1.82, 2.24) is 10.6 Å². The Balaban J connectivity index is 2.12. The molecule has 1 amide bonds. The molecule has 6 heteroatoms. The van der Waals surface area contributed by atoms with E-state index in [0.717, 1.165) is 24.3 Å². The summed E-state index contributed by atoms with van der Waals surface area (Å²) < 4.78 is 11.1. The van der Waals surface area contributed by atoms with Crippen molar-refractivity contribution in [3.8, 4) is 6.07 Å². The second-order valence-electron chi connectivity index (χ2n) is 3.44. The van der Waals surface area contributed by atoms with Gasteiger partial charge in [-0.2, -0.15) is 5.26 Å². The Hall–Kier alpha value is -0.930. The Morgan fingerprint density at radius 3 is 2.73 bits per heavy atom. The van der Waals surface area contributed by atoms with Crippen molar-refractivity contribution in [1.29, 1.82) is 5.26 Å². The van der Waals surface area contributed by atoms with Crippen molar-refractivity contribution in [2.75, 3.05) is 24.6 Å². The van der Waals surface area contributed by atoms with Crippen LogP contribution in [0.2, 0.25) is 0 Å². The molecule has 0 aliphatic carbocycles. The Labute approximate surface area is 91.7 Å². The highest BCUT2D eigenvalue weighted by atomic mass is 32.2. The highest BCUT2D eigenvalue weighted by Gasteiger charge is 2.17. The number of hydrogen-bond donors (Lipinski definition) is 2. The van der Waals surface area contributed by atoms with E-state index < -0.39 is 10.8 Å². The molecule has 1 saturated heterocycles. The Kier molecular flexibility index (Phi) is 5.29. The fourth-order valence-corrected chi connectivity index (χ4v) is 2.73. The molecule has 0 atom stereocenters. The monoisotopic (exact) mass is 229 g/mol. The van der Waals surface area contributed by atoms with Gasteiger partial charge < -0.3 is 10.6 Å². The van der Waals surface area contributed by atoms with Crippen molar-refractivity contribution >= 4 is 16.7 Å². The van der Waals surface area contributed by atoms with Crippen LogP contribution >= 0.6 is 0 Å². The molecule has 0 unspecified atom stereocenters. The van der Waals surface area contributed by atoms with Gasteiger partial charge in [-0.05, 0) is 12.8 Å². The first-order chi connectivity index (χ1) is 7.22. The minimum Gasteiger partial charge on any atom is -0.342 e. The van der Waals surface area contributed by atoms with Gasteiger partial charge in [-0.15, -0.1) is 0 Å². The Morgan fingerprint density at radius 2 is 2.13 bits per heavy atom. The number of rotatable bonds is 4. The van der Waals surface area contributed by atoms with E-state index in [0.29, 0.717) is 0 Å². The minimum atomic E-state index is -0.664. The number of nitrogens with one attached hydrogen (secondary N) is 2. The third-order valence-electron chi connectivity index (χ3n) is 2.30. The molecule has 0 aromatic carbocycles. The van der Waals surface area contributed by atoms with Crippen LogP contribution in [-0.2, 0) is 15.6 Å². The average molecular weight is 229 g/mol. The van der Waals surface area contributed by atoms with Gasteiger partial charge >= 0.3 is 0 Å². The summed E-state index contributed by atoms with van der Waals surface area (Å²) in [5, 5.41) is 13.8. The van der Waals surface area contributed by atoms with E-state index in [4.69, 9.17) is 5.26 Å². The smallest absolute Gasteiger partial charge is 0.234 e. The van der Waals surface area contributed by atoms with Gasteiger partial charge in [0.1, 0.15) is 6.54 Å². The fourth-order valence-electron chi connectivity index (χ4n) is 1.44. The quantitative estimate of drug-likeness (QED) is 0.614. The van der Waals surface area contributed by atoms with Gasteiger partial charge in [0.2, 0.25) is 5.91 Å². The molecule has 0 radical (unpaired) electrons. The molecule has 1 rings (SSSR count). The molecular formula is C9H15N3O2S. The van der Waals surface area contributed by atoms with Gasteiger partial charge in [-0.1, -0.05) is 0 Å². The van der Waals surface area contributed by atoms with E-state index in [1.807, 2.05) is 6.07 Å². The summed E-state index contributed by atoms with van der Waals surface area (Å²) in [6.07, 6.45) is 1.72. The maximum atomic E-state index is 11.1. The third-order valence-corrected chi connectivity index (χ3v) is 3.69. The number of amides is 1. The first-order valence-corrected chi connectivity index (χ1v) is 6.43. The third kappa shape index (κ3) is 4.91. The number of carbonyl (C=O) groups is 1. The lowest BCUT2D eigenvalue weighted by Crippen LogP contribution is -2.42. The molecule has 1 aliphatic rings. The number of nitriles is 1. The predicted molar refractivity (Wildman–Crippen MR) is 57.5 cm³/mol. The molecule has 0 aromatic heterocycles. The lowest BCUT2D eigenvalue weighted by atomic mass is 10.1. The summed E-state index contributed by atoms with van der Waals surface area (Å²) in [6.45, 7) is 0.286. The van der Waals surface area contributed by atoms with Crippen LogP contribution in [0.4, 0.5) is 0 Å². The van der Waals surface area contributed by atoms with Gasteiger partial charge in [-0.3, -0.25) is 9.00 Å². The summed E-state index contributed by atoms with van der Waals surface area (Å²) in [5.41, 5.74) is 0. The maximum Gasteiger partial charge on any atom is 0.234 e. The van der Waals surface area contributed by atoms with Crippen LogP contribution < -0.4 is 10.6 Å². The van der Waals surface area contributed by atoms with E-state index >= 15 is 0 Å². The minimum absolute atomic E-state index is 0.0508. The molecule has 0 spiro atoms. The molecule has 5 nitrogen and oxygen atoms in total. The van der Waals surface area contributed by atoms with Crippen molar-refractivity contribution in [3.63, 3.8) is 0 Å². The van der Waals surface area contributed by atoms with E-state index in [1.165, 1.54) is 0 Å². The molecule has 1 fully saturated rings. The molecule has 0 aromatic rings. The molecule has 0 saturated carbocycles. The Bertz CT molecular complexity index is 278. The van der Waals surface area contributed by atoms with Crippen LogP contribution in [0.1, 0.15) is 12.8 Å². The van der Waals surface area contributed by atoms with Gasteiger partial charge in [0, 0.05) is 28.3 Å². The van der Waals surface area contributed by atoms with Gasteiger partial charge in [0.05, 0.1) is 12.6 Å². The van der Waals surface area contributed by atoms with E-state index in [-0.39, 0.29) is 25.0 Å². The van der Waals surface area contributed by atoms with Crippen LogP contribution in [0.25, 0.3) is 0 Å². The van der Waals surface area contributed by atoms with E-state index in [2.05, 4.69) is 10.6 Å². The maximum absolute atomic E-state index is 11.1. The standard InChI is InChI=1S/C9H15N3O2S/c10-3-4-11-9(13)7-12-8-1-5-15(14)6-2-8/h8,12H,1-2,4-7H2,(H,11,13). The molecule has 0 bridgehead atoms. The molecular weight excluding hydrogens is 214 g/mol. The predicted octanol–water partition coefficient (Wildman–Crippen LogP) is -0.873. The summed E-state index contributed by atoms with van der Waals surface area (Å²) in [4.78, 5) is 11.1. The van der Waals surface area contributed by atoms with Crippen molar-refractivity contribution in [3.05, 3.63) is 0 Å². The zero-order valence-electron chi connectivity index (χ0n) is 8.49. The van der Waals surface area contributed by atoms with Gasteiger partial charge in [-0.25, -0.2) is 0 Å². The van der Waals surface area contributed by atoms with Crippen LogP contribution in [-0.4, -0.2) is 40.8 Å².